The molecule has 1 rings (SSSR count). The van der Waals surface area contributed by atoms with E-state index in [1.54, 1.807) is 0 Å². The third-order valence-electron chi connectivity index (χ3n) is 3.19. The van der Waals surface area contributed by atoms with E-state index in [2.05, 4.69) is 26.1 Å². The monoisotopic (exact) mass is 282 g/mol. The van der Waals surface area contributed by atoms with Crippen molar-refractivity contribution in [2.24, 2.45) is 5.41 Å². The Labute approximate surface area is 110 Å². The van der Waals surface area contributed by atoms with E-state index in [-0.39, 0.29) is 5.41 Å². The minimum absolute atomic E-state index is 0.205. The van der Waals surface area contributed by atoms with Crippen molar-refractivity contribution in [3.8, 4) is 0 Å². The summed E-state index contributed by atoms with van der Waals surface area (Å²) in [5.41, 5.74) is -2.00. The number of hydrogen-bond acceptors (Lipinski definition) is 3. The molecule has 0 aliphatic carbocycles. The van der Waals surface area contributed by atoms with Gasteiger partial charge in [0.05, 0.1) is 13.2 Å². The van der Waals surface area contributed by atoms with Crippen molar-refractivity contribution in [3.63, 3.8) is 0 Å². The Bertz CT molecular complexity index is 236. The van der Waals surface area contributed by atoms with Gasteiger partial charge in [-0.25, -0.2) is 0 Å². The van der Waals surface area contributed by atoms with Gasteiger partial charge in [-0.15, -0.1) is 0 Å². The maximum Gasteiger partial charge on any atom is 0.244 e. The molecule has 0 amide bonds. The van der Waals surface area contributed by atoms with Crippen LogP contribution in [0.5, 0.6) is 0 Å². The highest BCUT2D eigenvalue weighted by atomic mass is 32.9. The summed E-state index contributed by atoms with van der Waals surface area (Å²) in [5, 5.41) is 0. The standard InChI is InChI=1S/C11H23O2PS2/c1-3-5-7-11(8-6-4-2)9-12-14(15,16)13-10-11/h3-10H2,1-2H3,(H,15,16). The molecule has 0 atom stereocenters. The lowest BCUT2D eigenvalue weighted by molar-refractivity contribution is 0.0222. The third kappa shape index (κ3) is 4.66. The molecular weight excluding hydrogens is 259 g/mol. The summed E-state index contributed by atoms with van der Waals surface area (Å²) in [6, 6.07) is 0. The average Bonchev–Trinajstić information content (AvgIpc) is 2.27. The summed E-state index contributed by atoms with van der Waals surface area (Å²) in [6.07, 6.45) is 7.31. The molecule has 5 heteroatoms. The van der Waals surface area contributed by atoms with E-state index in [4.69, 9.17) is 20.9 Å². The van der Waals surface area contributed by atoms with Crippen molar-refractivity contribution in [2.75, 3.05) is 13.2 Å². The molecule has 1 heterocycles. The van der Waals surface area contributed by atoms with Crippen LogP contribution in [0.4, 0.5) is 0 Å². The quantitative estimate of drug-likeness (QED) is 0.569. The Hall–Kier alpha value is 0.920. The molecule has 0 spiro atoms. The minimum Gasteiger partial charge on any atom is -0.321 e. The summed E-state index contributed by atoms with van der Waals surface area (Å²) < 4.78 is 11.3. The highest BCUT2D eigenvalue weighted by molar-refractivity contribution is 8.60. The molecule has 0 unspecified atom stereocenters. The van der Waals surface area contributed by atoms with Crippen LogP contribution in [-0.4, -0.2) is 13.2 Å². The van der Waals surface area contributed by atoms with Crippen molar-refractivity contribution in [2.45, 2.75) is 52.4 Å². The second-order valence-electron chi connectivity index (χ2n) is 4.72. The van der Waals surface area contributed by atoms with Crippen LogP contribution in [0.25, 0.3) is 0 Å². The van der Waals surface area contributed by atoms with Crippen molar-refractivity contribution in [1.82, 2.24) is 0 Å². The van der Waals surface area contributed by atoms with Gasteiger partial charge in [-0.3, -0.25) is 0 Å². The highest BCUT2D eigenvalue weighted by Crippen LogP contribution is 2.59. The Morgan fingerprint density at radius 1 is 1.12 bits per heavy atom. The molecule has 0 aromatic carbocycles. The Morgan fingerprint density at radius 2 is 1.56 bits per heavy atom. The smallest absolute Gasteiger partial charge is 0.244 e. The lowest BCUT2D eigenvalue weighted by Crippen LogP contribution is -2.35. The van der Waals surface area contributed by atoms with Crippen molar-refractivity contribution in [3.05, 3.63) is 0 Å². The maximum absolute atomic E-state index is 5.64. The Kier molecular flexibility index (Phi) is 6.32. The molecule has 0 N–H and O–H groups in total. The van der Waals surface area contributed by atoms with Crippen LogP contribution in [-0.2, 0) is 20.9 Å². The molecule has 1 saturated heterocycles. The summed E-state index contributed by atoms with van der Waals surface area (Å²) in [7, 11) is 0. The molecule has 1 fully saturated rings. The van der Waals surface area contributed by atoms with Gasteiger partial charge in [0, 0.05) is 5.41 Å². The lowest BCUT2D eigenvalue weighted by atomic mass is 9.80. The summed E-state index contributed by atoms with van der Waals surface area (Å²) in [6.45, 7) is 5.93. The fraction of sp³-hybridized carbons (Fsp3) is 1.00. The van der Waals surface area contributed by atoms with Gasteiger partial charge >= 0.3 is 0 Å². The van der Waals surface area contributed by atoms with E-state index >= 15 is 0 Å². The fourth-order valence-corrected chi connectivity index (χ4v) is 3.64. The van der Waals surface area contributed by atoms with Gasteiger partial charge in [0.2, 0.25) is 5.69 Å². The predicted octanol–water partition coefficient (Wildman–Crippen LogP) is 4.55. The maximum atomic E-state index is 5.64. The second-order valence-corrected chi connectivity index (χ2v) is 10.0. The van der Waals surface area contributed by atoms with E-state index in [1.807, 2.05) is 0 Å². The molecule has 16 heavy (non-hydrogen) atoms. The van der Waals surface area contributed by atoms with Gasteiger partial charge in [-0.05, 0) is 24.6 Å². The summed E-state index contributed by atoms with van der Waals surface area (Å²) in [5.74, 6) is 0. The molecule has 1 aliphatic heterocycles. The zero-order chi connectivity index (χ0) is 12.1. The number of unbranched alkanes of at least 4 members (excludes halogenated alkanes) is 2. The van der Waals surface area contributed by atoms with Crippen LogP contribution in [0.15, 0.2) is 0 Å². The first-order chi connectivity index (χ1) is 7.54. The number of hydrogen-bond donors (Lipinski definition) is 1. The second kappa shape index (κ2) is 6.75. The van der Waals surface area contributed by atoms with Gasteiger partial charge in [0.15, 0.2) is 0 Å². The van der Waals surface area contributed by atoms with Crippen LogP contribution in [0.3, 0.4) is 0 Å². The molecule has 0 bridgehead atoms. The van der Waals surface area contributed by atoms with Gasteiger partial charge in [0.1, 0.15) is 0 Å². The zero-order valence-electron chi connectivity index (χ0n) is 10.3. The number of thiol groups is 1. The lowest BCUT2D eigenvalue weighted by Gasteiger charge is -2.40. The average molecular weight is 282 g/mol. The number of rotatable bonds is 6. The molecule has 96 valence electrons. The fourth-order valence-electron chi connectivity index (χ4n) is 2.03. The SMILES string of the molecule is CCCCC1(CCCC)COP(=S)(S)OC1. The van der Waals surface area contributed by atoms with Gasteiger partial charge in [0.25, 0.3) is 0 Å². The summed E-state index contributed by atoms with van der Waals surface area (Å²) in [4.78, 5) is 0. The molecule has 0 aromatic heterocycles. The van der Waals surface area contributed by atoms with Crippen molar-refractivity contribution in [1.29, 1.82) is 0 Å². The van der Waals surface area contributed by atoms with Gasteiger partial charge in [-0.1, -0.05) is 51.8 Å². The molecular formula is C11H23O2PS2. The van der Waals surface area contributed by atoms with Crippen LogP contribution in [0, 0.1) is 5.41 Å². The van der Waals surface area contributed by atoms with Crippen LogP contribution in [0.2, 0.25) is 0 Å². The van der Waals surface area contributed by atoms with Gasteiger partial charge in [-0.2, -0.15) is 0 Å². The first-order valence-electron chi connectivity index (χ1n) is 6.15. The normalized spacial score (nSPS) is 23.2. The van der Waals surface area contributed by atoms with E-state index in [0.29, 0.717) is 0 Å². The molecule has 2 nitrogen and oxygen atoms in total. The molecule has 0 radical (unpaired) electrons. The molecule has 1 aliphatic rings. The first-order valence-corrected chi connectivity index (χ1v) is 9.94. The van der Waals surface area contributed by atoms with Crippen LogP contribution >= 0.6 is 17.9 Å². The van der Waals surface area contributed by atoms with Crippen molar-refractivity contribution >= 4 is 29.7 Å². The highest BCUT2D eigenvalue weighted by Gasteiger charge is 2.37. The third-order valence-corrected chi connectivity index (χ3v) is 5.43. The summed E-state index contributed by atoms with van der Waals surface area (Å²) >= 11 is 9.41. The minimum atomic E-state index is -2.20. The van der Waals surface area contributed by atoms with Gasteiger partial charge < -0.3 is 9.05 Å². The zero-order valence-corrected chi connectivity index (χ0v) is 12.9. The Morgan fingerprint density at radius 3 is 1.94 bits per heavy atom. The van der Waals surface area contributed by atoms with Crippen molar-refractivity contribution < 1.29 is 9.05 Å². The Balaban J connectivity index is 2.55. The van der Waals surface area contributed by atoms with Crippen LogP contribution < -0.4 is 0 Å². The van der Waals surface area contributed by atoms with E-state index < -0.39 is 5.69 Å². The molecule has 0 saturated carbocycles. The van der Waals surface area contributed by atoms with E-state index in [1.165, 1.54) is 38.5 Å². The van der Waals surface area contributed by atoms with E-state index in [9.17, 15) is 0 Å². The molecule has 0 aromatic rings. The largest absolute Gasteiger partial charge is 0.321 e. The topological polar surface area (TPSA) is 18.5 Å². The van der Waals surface area contributed by atoms with E-state index in [0.717, 1.165) is 13.2 Å². The van der Waals surface area contributed by atoms with Crippen LogP contribution in [0.1, 0.15) is 52.4 Å². The predicted molar refractivity (Wildman–Crippen MR) is 76.7 cm³/mol. The first kappa shape index (κ1) is 15.0.